The fourth-order valence-corrected chi connectivity index (χ4v) is 3.15. The van der Waals surface area contributed by atoms with Crippen LogP contribution in [0.5, 0.6) is 0 Å². The summed E-state index contributed by atoms with van der Waals surface area (Å²) in [5, 5.41) is 2.01. The van der Waals surface area contributed by atoms with Crippen LogP contribution in [0.4, 0.5) is 4.39 Å². The van der Waals surface area contributed by atoms with Gasteiger partial charge in [0, 0.05) is 20.2 Å². The highest BCUT2D eigenvalue weighted by Gasteiger charge is 2.09. The van der Waals surface area contributed by atoms with Crippen molar-refractivity contribution in [1.82, 2.24) is 0 Å². The number of hydrogen-bond donors (Lipinski definition) is 0. The van der Waals surface area contributed by atoms with Crippen molar-refractivity contribution in [2.75, 3.05) is 0 Å². The highest BCUT2D eigenvalue weighted by Crippen LogP contribution is 2.37. The summed E-state index contributed by atoms with van der Waals surface area (Å²) in [6, 6.07) is 8.96. The Labute approximate surface area is 97.3 Å². The molecule has 16 heavy (non-hydrogen) atoms. The van der Waals surface area contributed by atoms with Gasteiger partial charge in [0.05, 0.1) is 0 Å². The van der Waals surface area contributed by atoms with Gasteiger partial charge < -0.3 is 0 Å². The Morgan fingerprint density at radius 1 is 0.938 bits per heavy atom. The van der Waals surface area contributed by atoms with Crippen LogP contribution in [-0.4, -0.2) is 0 Å². The first-order valence-corrected chi connectivity index (χ1v) is 5.77. The van der Waals surface area contributed by atoms with Crippen LogP contribution in [0.2, 0.25) is 0 Å². The van der Waals surface area contributed by atoms with E-state index in [0.29, 0.717) is 0 Å². The molecule has 3 rings (SSSR count). The molecule has 1 heterocycles. The minimum atomic E-state index is -0.230. The predicted molar refractivity (Wildman–Crippen MR) is 68.2 cm³/mol. The summed E-state index contributed by atoms with van der Waals surface area (Å²) in [4.78, 5) is 0. The first kappa shape index (κ1) is 9.79. The van der Waals surface area contributed by atoms with Gasteiger partial charge in [-0.15, -0.1) is 11.3 Å². The van der Waals surface area contributed by atoms with Crippen molar-refractivity contribution >= 4 is 31.5 Å². The Bertz CT molecular complexity index is 695. The molecular weight excluding hydrogens is 219 g/mol. The summed E-state index contributed by atoms with van der Waals surface area (Å²) in [5.41, 5.74) is 1.73. The Morgan fingerprint density at radius 3 is 2.50 bits per heavy atom. The molecule has 0 amide bonds. The summed E-state index contributed by atoms with van der Waals surface area (Å²) in [7, 11) is 0. The number of hydrogen-bond acceptors (Lipinski definition) is 1. The number of halogens is 1. The SMILES string of the molecule is [CH2]c1cccc2c1sc1c([CH2])cc(F)cc12. The van der Waals surface area contributed by atoms with Crippen LogP contribution in [-0.2, 0) is 0 Å². The lowest BCUT2D eigenvalue weighted by atomic mass is 10.1. The molecular formula is C14H9FS. The molecule has 1 aromatic heterocycles. The molecule has 0 aliphatic carbocycles. The Balaban J connectivity index is 2.61. The Kier molecular flexibility index (Phi) is 2.01. The standard InChI is InChI=1S/C14H9FS/c1-8-4-3-5-11-12-7-10(15)6-9(2)14(12)16-13(8)11/h3-7H,1-2H2. The molecule has 0 aliphatic rings. The average Bonchev–Trinajstić information content (AvgIpc) is 2.59. The van der Waals surface area contributed by atoms with Crippen LogP contribution in [0.1, 0.15) is 11.1 Å². The zero-order valence-corrected chi connectivity index (χ0v) is 9.40. The number of fused-ring (bicyclic) bond motifs is 3. The molecule has 0 spiro atoms. The molecule has 0 saturated carbocycles. The maximum atomic E-state index is 13.4. The van der Waals surface area contributed by atoms with Crippen LogP contribution in [0.15, 0.2) is 30.3 Å². The molecule has 2 heteroatoms. The van der Waals surface area contributed by atoms with Gasteiger partial charge in [-0.2, -0.15) is 0 Å². The normalized spacial score (nSPS) is 11.4. The van der Waals surface area contributed by atoms with Crippen LogP contribution in [0.25, 0.3) is 20.2 Å². The fraction of sp³-hybridized carbons (Fsp3) is 0. The van der Waals surface area contributed by atoms with Crippen molar-refractivity contribution in [2.45, 2.75) is 0 Å². The Morgan fingerprint density at radius 2 is 1.69 bits per heavy atom. The molecule has 0 aliphatic heterocycles. The lowest BCUT2D eigenvalue weighted by Gasteiger charge is -1.96. The third kappa shape index (κ3) is 1.26. The molecule has 2 aromatic carbocycles. The quantitative estimate of drug-likeness (QED) is 0.529. The maximum Gasteiger partial charge on any atom is 0.124 e. The topological polar surface area (TPSA) is 0 Å². The summed E-state index contributed by atoms with van der Waals surface area (Å²) in [6.07, 6.45) is 0. The van der Waals surface area contributed by atoms with Gasteiger partial charge in [-0.3, -0.25) is 0 Å². The fourth-order valence-electron chi connectivity index (χ4n) is 1.99. The zero-order chi connectivity index (χ0) is 11.3. The van der Waals surface area contributed by atoms with Gasteiger partial charge in [0.25, 0.3) is 0 Å². The average molecular weight is 228 g/mol. The third-order valence-electron chi connectivity index (χ3n) is 2.72. The molecule has 0 bridgehead atoms. The first-order valence-electron chi connectivity index (χ1n) is 4.95. The zero-order valence-electron chi connectivity index (χ0n) is 8.59. The molecule has 0 nitrogen and oxygen atoms in total. The molecule has 3 aromatic rings. The van der Waals surface area contributed by atoms with E-state index in [1.165, 1.54) is 6.07 Å². The number of rotatable bonds is 0. The van der Waals surface area contributed by atoms with Gasteiger partial charge in [-0.1, -0.05) is 18.2 Å². The van der Waals surface area contributed by atoms with E-state index in [1.807, 2.05) is 18.2 Å². The van der Waals surface area contributed by atoms with E-state index in [-0.39, 0.29) is 5.82 Å². The van der Waals surface area contributed by atoms with E-state index in [9.17, 15) is 4.39 Å². The van der Waals surface area contributed by atoms with E-state index in [1.54, 1.807) is 17.4 Å². The molecule has 0 fully saturated rings. The minimum absolute atomic E-state index is 0.230. The lowest BCUT2D eigenvalue weighted by molar-refractivity contribution is 0.629. The summed E-state index contributed by atoms with van der Waals surface area (Å²) in [6.45, 7) is 7.88. The van der Waals surface area contributed by atoms with E-state index >= 15 is 0 Å². The highest BCUT2D eigenvalue weighted by atomic mass is 32.1. The van der Waals surface area contributed by atoms with Gasteiger partial charge >= 0.3 is 0 Å². The van der Waals surface area contributed by atoms with Gasteiger partial charge in [0.1, 0.15) is 5.82 Å². The molecule has 0 atom stereocenters. The summed E-state index contributed by atoms with van der Waals surface area (Å²) in [5.74, 6) is -0.230. The predicted octanol–water partition coefficient (Wildman–Crippen LogP) is 4.56. The lowest BCUT2D eigenvalue weighted by Crippen LogP contribution is -1.77. The second-order valence-corrected chi connectivity index (χ2v) is 4.86. The number of thiophene rings is 1. The second-order valence-electron chi connectivity index (χ2n) is 3.84. The van der Waals surface area contributed by atoms with Crippen molar-refractivity contribution in [2.24, 2.45) is 0 Å². The van der Waals surface area contributed by atoms with E-state index in [0.717, 1.165) is 31.3 Å². The Hall–Kier alpha value is -1.41. The second kappa shape index (κ2) is 3.29. The van der Waals surface area contributed by atoms with Crippen molar-refractivity contribution in [3.8, 4) is 0 Å². The number of benzene rings is 2. The van der Waals surface area contributed by atoms with E-state index in [2.05, 4.69) is 13.8 Å². The molecule has 0 unspecified atom stereocenters. The highest BCUT2D eigenvalue weighted by molar-refractivity contribution is 7.26. The van der Waals surface area contributed by atoms with Gasteiger partial charge in [-0.05, 0) is 37.1 Å². The molecule has 0 saturated heterocycles. The van der Waals surface area contributed by atoms with Gasteiger partial charge in [-0.25, -0.2) is 4.39 Å². The van der Waals surface area contributed by atoms with Crippen LogP contribution < -0.4 is 0 Å². The maximum absolute atomic E-state index is 13.4. The summed E-state index contributed by atoms with van der Waals surface area (Å²) >= 11 is 1.63. The largest absolute Gasteiger partial charge is 0.207 e. The van der Waals surface area contributed by atoms with Crippen molar-refractivity contribution in [3.63, 3.8) is 0 Å². The van der Waals surface area contributed by atoms with E-state index in [4.69, 9.17) is 0 Å². The minimum Gasteiger partial charge on any atom is -0.207 e. The van der Waals surface area contributed by atoms with Crippen molar-refractivity contribution < 1.29 is 4.39 Å². The van der Waals surface area contributed by atoms with Gasteiger partial charge in [0.2, 0.25) is 0 Å². The first-order chi connectivity index (χ1) is 7.66. The van der Waals surface area contributed by atoms with Crippen LogP contribution >= 0.6 is 11.3 Å². The van der Waals surface area contributed by atoms with Crippen LogP contribution in [0, 0.1) is 19.7 Å². The molecule has 0 N–H and O–H groups in total. The molecule has 78 valence electrons. The molecule has 2 radical (unpaired) electrons. The van der Waals surface area contributed by atoms with Gasteiger partial charge in [0.15, 0.2) is 0 Å². The summed E-state index contributed by atoms with van der Waals surface area (Å²) < 4.78 is 15.5. The smallest absolute Gasteiger partial charge is 0.124 e. The monoisotopic (exact) mass is 228 g/mol. The van der Waals surface area contributed by atoms with Crippen molar-refractivity contribution in [1.29, 1.82) is 0 Å². The van der Waals surface area contributed by atoms with E-state index < -0.39 is 0 Å². The third-order valence-corrected chi connectivity index (χ3v) is 4.09. The van der Waals surface area contributed by atoms with Crippen LogP contribution in [0.3, 0.4) is 0 Å². The van der Waals surface area contributed by atoms with Crippen molar-refractivity contribution in [3.05, 3.63) is 61.1 Å².